The highest BCUT2D eigenvalue weighted by atomic mass is 79.9. The number of carbonyl (C=O) groups excluding carboxylic acids is 1. The SMILES string of the molecule is CC(Oc1ccc(Cl)cc1Br)C(=O)Nc1cccc([N+](=O)[O-])c1. The predicted octanol–water partition coefficient (Wildman–Crippen LogP) is 4.42. The summed E-state index contributed by atoms with van der Waals surface area (Å²) in [6.07, 6.45) is -0.799. The van der Waals surface area contributed by atoms with Gasteiger partial charge in [-0.05, 0) is 47.1 Å². The summed E-state index contributed by atoms with van der Waals surface area (Å²) in [5.74, 6) is 0.0449. The molecule has 23 heavy (non-hydrogen) atoms. The topological polar surface area (TPSA) is 81.5 Å². The summed E-state index contributed by atoms with van der Waals surface area (Å²) in [5.41, 5.74) is 0.228. The zero-order valence-electron chi connectivity index (χ0n) is 12.0. The van der Waals surface area contributed by atoms with Crippen LogP contribution in [0.4, 0.5) is 11.4 Å². The van der Waals surface area contributed by atoms with E-state index in [0.29, 0.717) is 20.9 Å². The van der Waals surface area contributed by atoms with E-state index in [1.165, 1.54) is 18.2 Å². The van der Waals surface area contributed by atoms with Crippen LogP contribution < -0.4 is 10.1 Å². The van der Waals surface area contributed by atoms with Crippen molar-refractivity contribution in [2.45, 2.75) is 13.0 Å². The van der Waals surface area contributed by atoms with E-state index in [9.17, 15) is 14.9 Å². The molecule has 2 rings (SSSR count). The minimum Gasteiger partial charge on any atom is -0.480 e. The second-order valence-corrected chi connectivity index (χ2v) is 5.92. The Morgan fingerprint density at radius 3 is 2.74 bits per heavy atom. The van der Waals surface area contributed by atoms with E-state index in [2.05, 4.69) is 21.2 Å². The summed E-state index contributed by atoms with van der Waals surface area (Å²) in [6.45, 7) is 1.58. The number of amides is 1. The molecule has 2 aromatic carbocycles. The number of rotatable bonds is 5. The Kier molecular flexibility index (Phi) is 5.57. The lowest BCUT2D eigenvalue weighted by Gasteiger charge is -2.15. The molecule has 0 saturated heterocycles. The van der Waals surface area contributed by atoms with Gasteiger partial charge in [-0.1, -0.05) is 17.7 Å². The first kappa shape index (κ1) is 17.2. The predicted molar refractivity (Wildman–Crippen MR) is 91.0 cm³/mol. The normalized spacial score (nSPS) is 11.6. The second-order valence-electron chi connectivity index (χ2n) is 4.63. The van der Waals surface area contributed by atoms with Crippen LogP contribution in [0.2, 0.25) is 5.02 Å². The molecular weight excluding hydrogens is 388 g/mol. The smallest absolute Gasteiger partial charge is 0.271 e. The first-order chi connectivity index (χ1) is 10.9. The molecule has 0 aromatic heterocycles. The van der Waals surface area contributed by atoms with Gasteiger partial charge in [-0.3, -0.25) is 14.9 Å². The molecule has 6 nitrogen and oxygen atoms in total. The second kappa shape index (κ2) is 7.43. The van der Waals surface area contributed by atoms with Gasteiger partial charge in [-0.2, -0.15) is 0 Å². The molecule has 0 heterocycles. The van der Waals surface area contributed by atoms with Gasteiger partial charge in [0.2, 0.25) is 0 Å². The zero-order chi connectivity index (χ0) is 17.0. The van der Waals surface area contributed by atoms with E-state index in [4.69, 9.17) is 16.3 Å². The van der Waals surface area contributed by atoms with E-state index in [0.717, 1.165) is 0 Å². The van der Waals surface area contributed by atoms with Gasteiger partial charge in [0.1, 0.15) is 5.75 Å². The van der Waals surface area contributed by atoms with Crippen LogP contribution in [0.3, 0.4) is 0 Å². The Morgan fingerprint density at radius 2 is 2.09 bits per heavy atom. The number of benzene rings is 2. The molecule has 1 unspecified atom stereocenters. The number of nitro groups is 1. The lowest BCUT2D eigenvalue weighted by Crippen LogP contribution is -2.30. The molecule has 0 radical (unpaired) electrons. The first-order valence-electron chi connectivity index (χ1n) is 6.54. The minimum absolute atomic E-state index is 0.100. The van der Waals surface area contributed by atoms with Crippen LogP contribution in [0, 0.1) is 10.1 Å². The highest BCUT2D eigenvalue weighted by molar-refractivity contribution is 9.10. The molecular formula is C15H12BrClN2O4. The Bertz CT molecular complexity index is 754. The van der Waals surface area contributed by atoms with Crippen molar-refractivity contribution in [1.29, 1.82) is 0 Å². The number of hydrogen-bond donors (Lipinski definition) is 1. The van der Waals surface area contributed by atoms with Gasteiger partial charge < -0.3 is 10.1 Å². The molecule has 120 valence electrons. The monoisotopic (exact) mass is 398 g/mol. The van der Waals surface area contributed by atoms with Crippen LogP contribution in [0.25, 0.3) is 0 Å². The molecule has 0 fully saturated rings. The van der Waals surface area contributed by atoms with Crippen molar-refractivity contribution in [3.8, 4) is 5.75 Å². The maximum Gasteiger partial charge on any atom is 0.271 e. The number of anilines is 1. The third kappa shape index (κ3) is 4.67. The Hall–Kier alpha value is -2.12. The molecule has 1 amide bonds. The van der Waals surface area contributed by atoms with Crippen LogP contribution in [0.5, 0.6) is 5.75 Å². The fourth-order valence-corrected chi connectivity index (χ4v) is 2.53. The quantitative estimate of drug-likeness (QED) is 0.596. The van der Waals surface area contributed by atoms with Crippen molar-refractivity contribution in [3.63, 3.8) is 0 Å². The number of ether oxygens (including phenoxy) is 1. The average molecular weight is 400 g/mol. The number of nitro benzene ring substituents is 1. The molecule has 0 aliphatic rings. The number of non-ortho nitro benzene ring substituents is 1. The summed E-state index contributed by atoms with van der Waals surface area (Å²) in [4.78, 5) is 22.3. The summed E-state index contributed by atoms with van der Waals surface area (Å²) in [5, 5.41) is 13.8. The fourth-order valence-electron chi connectivity index (χ4n) is 1.76. The Balaban J connectivity index is 2.05. The standard InChI is InChI=1S/C15H12BrClN2O4/c1-9(23-14-6-5-10(17)7-13(14)16)15(20)18-11-3-2-4-12(8-11)19(21)22/h2-9H,1H3,(H,18,20). The minimum atomic E-state index is -0.799. The summed E-state index contributed by atoms with van der Waals surface area (Å²) < 4.78 is 6.19. The molecule has 0 aliphatic heterocycles. The van der Waals surface area contributed by atoms with Gasteiger partial charge in [0.05, 0.1) is 9.40 Å². The highest BCUT2D eigenvalue weighted by Gasteiger charge is 2.17. The van der Waals surface area contributed by atoms with Gasteiger partial charge in [-0.25, -0.2) is 0 Å². The van der Waals surface area contributed by atoms with Crippen LogP contribution in [0.15, 0.2) is 46.9 Å². The maximum atomic E-state index is 12.1. The summed E-state index contributed by atoms with van der Waals surface area (Å²) in [7, 11) is 0. The Labute approximate surface area is 145 Å². The van der Waals surface area contributed by atoms with Gasteiger partial charge in [0.25, 0.3) is 11.6 Å². The van der Waals surface area contributed by atoms with Crippen molar-refractivity contribution >= 4 is 44.8 Å². The molecule has 8 heteroatoms. The molecule has 2 aromatic rings. The Morgan fingerprint density at radius 1 is 1.35 bits per heavy atom. The van der Waals surface area contributed by atoms with Gasteiger partial charge >= 0.3 is 0 Å². The van der Waals surface area contributed by atoms with Gasteiger partial charge in [-0.15, -0.1) is 0 Å². The average Bonchev–Trinajstić information content (AvgIpc) is 2.50. The maximum absolute atomic E-state index is 12.1. The molecule has 0 saturated carbocycles. The van der Waals surface area contributed by atoms with Crippen molar-refractivity contribution in [2.24, 2.45) is 0 Å². The summed E-state index contributed by atoms with van der Waals surface area (Å²) in [6, 6.07) is 10.6. The van der Waals surface area contributed by atoms with E-state index in [-0.39, 0.29) is 5.69 Å². The number of nitrogens with zero attached hydrogens (tertiary/aromatic N) is 1. The van der Waals surface area contributed by atoms with Gasteiger partial charge in [0, 0.05) is 22.8 Å². The van der Waals surface area contributed by atoms with Crippen LogP contribution in [-0.2, 0) is 4.79 Å². The molecule has 1 N–H and O–H groups in total. The van der Waals surface area contributed by atoms with Crippen LogP contribution >= 0.6 is 27.5 Å². The van der Waals surface area contributed by atoms with E-state index in [1.54, 1.807) is 31.2 Å². The third-order valence-electron chi connectivity index (χ3n) is 2.89. The van der Waals surface area contributed by atoms with E-state index >= 15 is 0 Å². The van der Waals surface area contributed by atoms with Crippen LogP contribution in [-0.4, -0.2) is 16.9 Å². The molecule has 0 bridgehead atoms. The number of carbonyl (C=O) groups is 1. The largest absolute Gasteiger partial charge is 0.480 e. The summed E-state index contributed by atoms with van der Waals surface area (Å²) >= 11 is 9.14. The fraction of sp³-hybridized carbons (Fsp3) is 0.133. The lowest BCUT2D eigenvalue weighted by molar-refractivity contribution is -0.384. The molecule has 1 atom stereocenters. The van der Waals surface area contributed by atoms with E-state index < -0.39 is 16.9 Å². The number of nitrogens with one attached hydrogen (secondary N) is 1. The molecule has 0 spiro atoms. The van der Waals surface area contributed by atoms with Crippen molar-refractivity contribution in [3.05, 3.63) is 62.1 Å². The van der Waals surface area contributed by atoms with Crippen molar-refractivity contribution < 1.29 is 14.5 Å². The van der Waals surface area contributed by atoms with Crippen molar-refractivity contribution in [2.75, 3.05) is 5.32 Å². The van der Waals surface area contributed by atoms with E-state index in [1.807, 2.05) is 0 Å². The van der Waals surface area contributed by atoms with Crippen LogP contribution in [0.1, 0.15) is 6.92 Å². The highest BCUT2D eigenvalue weighted by Crippen LogP contribution is 2.29. The van der Waals surface area contributed by atoms with Crippen molar-refractivity contribution in [1.82, 2.24) is 0 Å². The van der Waals surface area contributed by atoms with Gasteiger partial charge in [0.15, 0.2) is 6.10 Å². The molecule has 0 aliphatic carbocycles. The number of hydrogen-bond acceptors (Lipinski definition) is 4. The number of halogens is 2. The zero-order valence-corrected chi connectivity index (χ0v) is 14.3. The first-order valence-corrected chi connectivity index (χ1v) is 7.71. The third-order valence-corrected chi connectivity index (χ3v) is 3.75. The lowest BCUT2D eigenvalue weighted by atomic mass is 10.2.